The second kappa shape index (κ2) is 6.21. The van der Waals surface area contributed by atoms with E-state index in [0.717, 1.165) is 17.9 Å². The summed E-state index contributed by atoms with van der Waals surface area (Å²) in [5.74, 6) is 2.63. The number of hydrogen-bond acceptors (Lipinski definition) is 3. The maximum Gasteiger partial charge on any atom is 0.120 e. The Hall–Kier alpha value is -0.610. The molecule has 0 aliphatic heterocycles. The molecule has 0 aliphatic rings. The van der Waals surface area contributed by atoms with Crippen LogP contribution in [0.2, 0.25) is 0 Å². The van der Waals surface area contributed by atoms with Gasteiger partial charge in [-0.2, -0.15) is 0 Å². The topological polar surface area (TPSA) is 42.2 Å². The van der Waals surface area contributed by atoms with Crippen LogP contribution >= 0.6 is 0 Å². The van der Waals surface area contributed by atoms with Crippen LogP contribution in [0.4, 0.5) is 0 Å². The zero-order chi connectivity index (χ0) is 12.1. The molecule has 0 aromatic carbocycles. The molecule has 0 spiro atoms. The molecule has 0 fully saturated rings. The number of hydrogen-bond donors (Lipinski definition) is 1. The van der Waals surface area contributed by atoms with Gasteiger partial charge < -0.3 is 9.73 Å². The molecule has 1 aromatic rings. The Labute approximate surface area is 100 Å². The quantitative estimate of drug-likeness (QED) is 0.833. The molecule has 3 nitrogen and oxygen atoms in total. The van der Waals surface area contributed by atoms with Gasteiger partial charge in [0.25, 0.3) is 0 Å². The highest BCUT2D eigenvalue weighted by molar-refractivity contribution is 7.84. The molecule has 1 rings (SSSR count). The van der Waals surface area contributed by atoms with Gasteiger partial charge in [-0.15, -0.1) is 0 Å². The predicted octanol–water partition coefficient (Wildman–Crippen LogP) is 2.26. The van der Waals surface area contributed by atoms with E-state index in [9.17, 15) is 4.21 Å². The molecule has 0 radical (unpaired) electrons. The van der Waals surface area contributed by atoms with Gasteiger partial charge in [0.2, 0.25) is 0 Å². The fourth-order valence-electron chi connectivity index (χ4n) is 1.73. The number of nitrogens with one attached hydrogen (secondary N) is 1. The normalized spacial score (nSPS) is 17.0. The summed E-state index contributed by atoms with van der Waals surface area (Å²) in [6.07, 6.45) is 2.65. The third kappa shape index (κ3) is 4.10. The van der Waals surface area contributed by atoms with Crippen molar-refractivity contribution in [1.82, 2.24) is 5.32 Å². The van der Waals surface area contributed by atoms with Crippen molar-refractivity contribution in [3.05, 3.63) is 23.7 Å². The van der Waals surface area contributed by atoms with E-state index in [1.807, 2.05) is 19.1 Å². The van der Waals surface area contributed by atoms with E-state index in [1.54, 1.807) is 6.26 Å². The molecular weight excluding hydrogens is 222 g/mol. The van der Waals surface area contributed by atoms with Gasteiger partial charge >= 0.3 is 0 Å². The summed E-state index contributed by atoms with van der Waals surface area (Å²) in [5, 5.41) is 3.38. The lowest BCUT2D eigenvalue weighted by Crippen LogP contribution is -2.33. The summed E-state index contributed by atoms with van der Waals surface area (Å²) in [5.41, 5.74) is 0. The minimum Gasteiger partial charge on any atom is -0.464 e. The lowest BCUT2D eigenvalue weighted by atomic mass is 10.2. The van der Waals surface area contributed by atoms with Crippen LogP contribution in [0, 0.1) is 0 Å². The van der Waals surface area contributed by atoms with Crippen LogP contribution in [0.15, 0.2) is 16.5 Å². The summed E-state index contributed by atoms with van der Waals surface area (Å²) in [4.78, 5) is 0. The van der Waals surface area contributed by atoms with Crippen molar-refractivity contribution in [2.24, 2.45) is 0 Å². The van der Waals surface area contributed by atoms with Crippen LogP contribution in [0.25, 0.3) is 0 Å². The molecule has 92 valence electrons. The van der Waals surface area contributed by atoms with Crippen LogP contribution < -0.4 is 5.32 Å². The lowest BCUT2D eigenvalue weighted by Gasteiger charge is -2.17. The van der Waals surface area contributed by atoms with E-state index in [4.69, 9.17) is 4.42 Å². The molecule has 3 unspecified atom stereocenters. The molecule has 1 heterocycles. The van der Waals surface area contributed by atoms with Crippen LogP contribution in [-0.4, -0.2) is 22.3 Å². The Morgan fingerprint density at radius 3 is 2.62 bits per heavy atom. The van der Waals surface area contributed by atoms with Crippen molar-refractivity contribution in [1.29, 1.82) is 0 Å². The zero-order valence-electron chi connectivity index (χ0n) is 10.4. The first-order valence-corrected chi connectivity index (χ1v) is 7.40. The fourth-order valence-corrected chi connectivity index (χ4v) is 2.53. The Balaban J connectivity index is 2.51. The molecule has 16 heavy (non-hydrogen) atoms. The predicted molar refractivity (Wildman–Crippen MR) is 68.0 cm³/mol. The summed E-state index contributed by atoms with van der Waals surface area (Å²) < 4.78 is 16.7. The molecule has 0 amide bonds. The average Bonchev–Trinajstić information content (AvgIpc) is 2.64. The van der Waals surface area contributed by atoms with E-state index in [-0.39, 0.29) is 12.1 Å². The van der Waals surface area contributed by atoms with Gasteiger partial charge in [0, 0.05) is 35.3 Å². The van der Waals surface area contributed by atoms with Gasteiger partial charge in [0.1, 0.15) is 11.5 Å². The van der Waals surface area contributed by atoms with Crippen molar-refractivity contribution in [3.8, 4) is 0 Å². The fraction of sp³-hybridized carbons (Fsp3) is 0.667. The minimum atomic E-state index is -0.758. The number of aryl methyl sites for hydroxylation is 1. The van der Waals surface area contributed by atoms with Crippen LogP contribution in [0.5, 0.6) is 0 Å². The molecule has 0 saturated heterocycles. The second-order valence-corrected chi connectivity index (χ2v) is 5.67. The van der Waals surface area contributed by atoms with Gasteiger partial charge in [-0.3, -0.25) is 4.21 Å². The highest BCUT2D eigenvalue weighted by Gasteiger charge is 2.13. The van der Waals surface area contributed by atoms with Crippen molar-refractivity contribution >= 4 is 10.8 Å². The monoisotopic (exact) mass is 243 g/mol. The Kier molecular flexibility index (Phi) is 5.22. The molecule has 0 saturated carbocycles. The highest BCUT2D eigenvalue weighted by atomic mass is 32.2. The van der Waals surface area contributed by atoms with Gasteiger partial charge in [0.05, 0.1) is 6.04 Å². The van der Waals surface area contributed by atoms with Crippen molar-refractivity contribution < 1.29 is 8.63 Å². The summed E-state index contributed by atoms with van der Waals surface area (Å²) in [7, 11) is -0.758. The van der Waals surface area contributed by atoms with Crippen LogP contribution in [0.1, 0.15) is 38.3 Å². The van der Waals surface area contributed by atoms with Gasteiger partial charge in [-0.1, -0.05) is 6.92 Å². The van der Waals surface area contributed by atoms with Crippen LogP contribution in [0.3, 0.4) is 0 Å². The lowest BCUT2D eigenvalue weighted by molar-refractivity contribution is 0.392. The summed E-state index contributed by atoms with van der Waals surface area (Å²) >= 11 is 0. The maximum atomic E-state index is 11.1. The molecule has 3 atom stereocenters. The molecule has 4 heteroatoms. The van der Waals surface area contributed by atoms with Crippen molar-refractivity contribution in [2.45, 2.75) is 39.3 Å². The number of furan rings is 1. The Morgan fingerprint density at radius 2 is 2.12 bits per heavy atom. The van der Waals surface area contributed by atoms with Gasteiger partial charge in [0.15, 0.2) is 0 Å². The average molecular weight is 243 g/mol. The molecule has 1 aromatic heterocycles. The Morgan fingerprint density at radius 1 is 1.44 bits per heavy atom. The number of rotatable bonds is 6. The summed E-state index contributed by atoms with van der Waals surface area (Å²) in [6, 6.07) is 4.41. The molecular formula is C12H21NO2S. The van der Waals surface area contributed by atoms with Crippen LogP contribution in [-0.2, 0) is 17.2 Å². The second-order valence-electron chi connectivity index (χ2n) is 4.19. The molecule has 0 bridgehead atoms. The van der Waals surface area contributed by atoms with Gasteiger partial charge in [-0.25, -0.2) is 0 Å². The van der Waals surface area contributed by atoms with E-state index < -0.39 is 10.8 Å². The van der Waals surface area contributed by atoms with E-state index in [0.29, 0.717) is 5.75 Å². The standard InChI is InChI=1S/C12H21NO2S/c1-5-11-6-7-12(15-11)10(3)13-9(2)8-16(4)14/h6-7,9-10,13H,5,8H2,1-4H3. The largest absolute Gasteiger partial charge is 0.464 e. The molecule has 0 aliphatic carbocycles. The Bertz CT molecular complexity index is 349. The van der Waals surface area contributed by atoms with Crippen molar-refractivity contribution in [3.63, 3.8) is 0 Å². The van der Waals surface area contributed by atoms with E-state index in [1.165, 1.54) is 0 Å². The maximum absolute atomic E-state index is 11.1. The van der Waals surface area contributed by atoms with Gasteiger partial charge in [-0.05, 0) is 26.0 Å². The van der Waals surface area contributed by atoms with Crippen molar-refractivity contribution in [2.75, 3.05) is 12.0 Å². The minimum absolute atomic E-state index is 0.166. The first-order chi connectivity index (χ1) is 7.52. The first-order valence-electron chi connectivity index (χ1n) is 5.67. The summed E-state index contributed by atoms with van der Waals surface area (Å²) in [6.45, 7) is 6.18. The smallest absolute Gasteiger partial charge is 0.120 e. The zero-order valence-corrected chi connectivity index (χ0v) is 11.3. The third-order valence-electron chi connectivity index (χ3n) is 2.48. The SMILES string of the molecule is CCc1ccc(C(C)NC(C)CS(C)=O)o1. The van der Waals surface area contributed by atoms with E-state index in [2.05, 4.69) is 19.2 Å². The highest BCUT2D eigenvalue weighted by Crippen LogP contribution is 2.17. The van der Waals surface area contributed by atoms with E-state index >= 15 is 0 Å². The third-order valence-corrected chi connectivity index (χ3v) is 3.45. The first kappa shape index (κ1) is 13.5. The molecule has 1 N–H and O–H groups in total.